The average Bonchev–Trinajstić information content (AvgIpc) is 2.34. The van der Waals surface area contributed by atoms with Crippen LogP contribution in [0.25, 0.3) is 0 Å². The molecule has 2 atom stereocenters. The van der Waals surface area contributed by atoms with Gasteiger partial charge in [0.05, 0.1) is 12.1 Å². The fourth-order valence-corrected chi connectivity index (χ4v) is 2.04. The predicted octanol–water partition coefficient (Wildman–Crippen LogP) is 3.39. The quantitative estimate of drug-likeness (QED) is 0.891. The van der Waals surface area contributed by atoms with Crippen molar-refractivity contribution in [2.24, 2.45) is 11.1 Å². The van der Waals surface area contributed by atoms with Crippen LogP contribution in [0.2, 0.25) is 0 Å². The van der Waals surface area contributed by atoms with Gasteiger partial charge in [0.15, 0.2) is 0 Å². The van der Waals surface area contributed by atoms with Crippen LogP contribution in [0, 0.1) is 5.41 Å². The van der Waals surface area contributed by atoms with E-state index in [9.17, 15) is 4.79 Å². The molecule has 0 aromatic heterocycles. The number of nitrogens with one attached hydrogen (secondary N) is 1. The number of halogens is 1. The highest BCUT2D eigenvalue weighted by molar-refractivity contribution is 9.10. The zero-order chi connectivity index (χ0) is 14.6. The Bertz CT molecular complexity index is 423. The average molecular weight is 327 g/mol. The van der Waals surface area contributed by atoms with Gasteiger partial charge in [-0.1, -0.05) is 55.8 Å². The largest absolute Gasteiger partial charge is 0.348 e. The molecule has 0 aliphatic carbocycles. The second kappa shape index (κ2) is 6.53. The van der Waals surface area contributed by atoms with E-state index in [1.54, 1.807) is 0 Å². The molecular weight excluding hydrogens is 304 g/mol. The van der Waals surface area contributed by atoms with Crippen LogP contribution in [0.1, 0.15) is 45.7 Å². The van der Waals surface area contributed by atoms with E-state index in [0.717, 1.165) is 16.5 Å². The second-order valence-corrected chi connectivity index (χ2v) is 6.78. The molecule has 19 heavy (non-hydrogen) atoms. The summed E-state index contributed by atoms with van der Waals surface area (Å²) in [5, 5.41) is 3.03. The van der Waals surface area contributed by atoms with E-state index in [4.69, 9.17) is 5.73 Å². The fourth-order valence-electron chi connectivity index (χ4n) is 1.77. The van der Waals surface area contributed by atoms with Crippen molar-refractivity contribution in [2.45, 2.75) is 46.2 Å². The smallest absolute Gasteiger partial charge is 0.237 e. The Balaban J connectivity index is 2.78. The number of rotatable bonds is 4. The topological polar surface area (TPSA) is 55.1 Å². The van der Waals surface area contributed by atoms with Gasteiger partial charge in [0, 0.05) is 4.47 Å². The molecule has 106 valence electrons. The molecule has 0 spiro atoms. The van der Waals surface area contributed by atoms with Crippen LogP contribution in [0.15, 0.2) is 28.7 Å². The van der Waals surface area contributed by atoms with Crippen molar-refractivity contribution in [1.29, 1.82) is 0 Å². The highest BCUT2D eigenvalue weighted by Gasteiger charge is 2.28. The van der Waals surface area contributed by atoms with Crippen molar-refractivity contribution >= 4 is 21.8 Å². The normalized spacial score (nSPS) is 14.8. The second-order valence-electron chi connectivity index (χ2n) is 5.86. The van der Waals surface area contributed by atoms with Gasteiger partial charge in [0.2, 0.25) is 5.91 Å². The van der Waals surface area contributed by atoms with Crippen LogP contribution in [-0.4, -0.2) is 11.9 Å². The molecule has 4 heteroatoms. The summed E-state index contributed by atoms with van der Waals surface area (Å²) in [4.78, 5) is 12.2. The summed E-state index contributed by atoms with van der Waals surface area (Å²) >= 11 is 3.41. The molecule has 0 saturated carbocycles. The Morgan fingerprint density at radius 1 is 1.32 bits per heavy atom. The number of benzene rings is 1. The summed E-state index contributed by atoms with van der Waals surface area (Å²) in [7, 11) is 0. The lowest BCUT2D eigenvalue weighted by Gasteiger charge is -2.28. The van der Waals surface area contributed by atoms with Gasteiger partial charge in [-0.2, -0.15) is 0 Å². The van der Waals surface area contributed by atoms with Gasteiger partial charge in [-0.15, -0.1) is 0 Å². The lowest BCUT2D eigenvalue weighted by atomic mass is 9.86. The molecular formula is C15H23BrN2O. The Morgan fingerprint density at radius 3 is 2.26 bits per heavy atom. The van der Waals surface area contributed by atoms with Crippen molar-refractivity contribution in [3.63, 3.8) is 0 Å². The summed E-state index contributed by atoms with van der Waals surface area (Å²) in [5.74, 6) is -0.0951. The van der Waals surface area contributed by atoms with Crippen LogP contribution in [0.5, 0.6) is 0 Å². The molecule has 1 aromatic carbocycles. The van der Waals surface area contributed by atoms with Gasteiger partial charge in [0.1, 0.15) is 0 Å². The molecule has 3 nitrogen and oxygen atoms in total. The first-order chi connectivity index (χ1) is 8.75. The van der Waals surface area contributed by atoms with E-state index in [2.05, 4.69) is 28.2 Å². The number of carbonyl (C=O) groups is 1. The Hall–Kier alpha value is -0.870. The first-order valence-electron chi connectivity index (χ1n) is 6.57. The van der Waals surface area contributed by atoms with Crippen LogP contribution in [0.3, 0.4) is 0 Å². The summed E-state index contributed by atoms with van der Waals surface area (Å²) in [6.07, 6.45) is 0.838. The summed E-state index contributed by atoms with van der Waals surface area (Å²) in [6, 6.07) is 7.50. The highest BCUT2D eigenvalue weighted by Crippen LogP contribution is 2.22. The first kappa shape index (κ1) is 16.2. The summed E-state index contributed by atoms with van der Waals surface area (Å²) in [5.41, 5.74) is 6.84. The van der Waals surface area contributed by atoms with E-state index in [1.807, 2.05) is 45.0 Å². The molecule has 0 aliphatic heterocycles. The van der Waals surface area contributed by atoms with Crippen LogP contribution >= 0.6 is 15.9 Å². The molecule has 2 unspecified atom stereocenters. The van der Waals surface area contributed by atoms with Crippen molar-refractivity contribution in [1.82, 2.24) is 5.32 Å². The number of hydrogen-bond donors (Lipinski definition) is 2. The zero-order valence-corrected chi connectivity index (χ0v) is 13.6. The van der Waals surface area contributed by atoms with Crippen molar-refractivity contribution in [2.75, 3.05) is 0 Å². The molecule has 0 saturated heterocycles. The zero-order valence-electron chi connectivity index (χ0n) is 12.0. The fraction of sp³-hybridized carbons (Fsp3) is 0.533. The first-order valence-corrected chi connectivity index (χ1v) is 7.36. The van der Waals surface area contributed by atoms with E-state index < -0.39 is 6.04 Å². The number of nitrogens with two attached hydrogens (primary N) is 1. The van der Waals surface area contributed by atoms with Gasteiger partial charge in [0.25, 0.3) is 0 Å². The molecule has 0 fully saturated rings. The Kier molecular flexibility index (Phi) is 5.56. The highest BCUT2D eigenvalue weighted by atomic mass is 79.9. The molecule has 1 aromatic rings. The minimum absolute atomic E-state index is 0.00833. The Labute approximate surface area is 124 Å². The molecule has 1 amide bonds. The monoisotopic (exact) mass is 326 g/mol. The minimum Gasteiger partial charge on any atom is -0.348 e. The Morgan fingerprint density at radius 2 is 1.84 bits per heavy atom. The van der Waals surface area contributed by atoms with Crippen molar-refractivity contribution in [3.8, 4) is 0 Å². The van der Waals surface area contributed by atoms with Gasteiger partial charge in [-0.05, 0) is 29.5 Å². The molecule has 0 bridgehead atoms. The van der Waals surface area contributed by atoms with E-state index in [0.29, 0.717) is 0 Å². The molecule has 3 N–H and O–H groups in total. The third kappa shape index (κ3) is 4.62. The molecule has 0 radical (unpaired) electrons. The van der Waals surface area contributed by atoms with Gasteiger partial charge in [-0.25, -0.2) is 0 Å². The maximum Gasteiger partial charge on any atom is 0.237 e. The molecule has 1 rings (SSSR count). The standard InChI is InChI=1S/C15H23BrN2O/c1-5-12(10-6-8-11(16)9-7-10)18-14(19)13(17)15(2,3)4/h6-9,12-13H,5,17H2,1-4H3,(H,18,19). The molecule has 0 heterocycles. The SMILES string of the molecule is CCC(NC(=O)C(N)C(C)(C)C)c1ccc(Br)cc1. The van der Waals surface area contributed by atoms with Crippen LogP contribution in [0.4, 0.5) is 0 Å². The number of carbonyl (C=O) groups excluding carboxylic acids is 1. The summed E-state index contributed by atoms with van der Waals surface area (Å²) < 4.78 is 1.03. The van der Waals surface area contributed by atoms with Gasteiger partial charge < -0.3 is 11.1 Å². The van der Waals surface area contributed by atoms with Crippen LogP contribution < -0.4 is 11.1 Å². The van der Waals surface area contributed by atoms with E-state index in [1.165, 1.54) is 0 Å². The number of hydrogen-bond acceptors (Lipinski definition) is 2. The van der Waals surface area contributed by atoms with Crippen LogP contribution in [-0.2, 0) is 4.79 Å². The minimum atomic E-state index is -0.503. The predicted molar refractivity (Wildman–Crippen MR) is 82.7 cm³/mol. The van der Waals surface area contributed by atoms with E-state index >= 15 is 0 Å². The lowest BCUT2D eigenvalue weighted by Crippen LogP contribution is -2.49. The third-order valence-electron chi connectivity index (χ3n) is 3.21. The van der Waals surface area contributed by atoms with Gasteiger partial charge in [-0.3, -0.25) is 4.79 Å². The third-order valence-corrected chi connectivity index (χ3v) is 3.74. The summed E-state index contributed by atoms with van der Waals surface area (Å²) in [6.45, 7) is 7.96. The maximum atomic E-state index is 12.2. The lowest BCUT2D eigenvalue weighted by molar-refractivity contribution is -0.125. The maximum absolute atomic E-state index is 12.2. The van der Waals surface area contributed by atoms with Gasteiger partial charge >= 0.3 is 0 Å². The van der Waals surface area contributed by atoms with Crippen molar-refractivity contribution in [3.05, 3.63) is 34.3 Å². The molecule has 0 aliphatic rings. The number of amides is 1. The van der Waals surface area contributed by atoms with E-state index in [-0.39, 0.29) is 17.4 Å². The van der Waals surface area contributed by atoms with Crippen molar-refractivity contribution < 1.29 is 4.79 Å².